The van der Waals surface area contributed by atoms with Crippen molar-refractivity contribution in [1.29, 1.82) is 0 Å². The highest BCUT2D eigenvalue weighted by atomic mass is 19.1. The third-order valence-electron chi connectivity index (χ3n) is 3.17. The van der Waals surface area contributed by atoms with E-state index in [9.17, 15) is 14.0 Å². The fraction of sp³-hybridized carbons (Fsp3) is 0.176. The molecule has 0 saturated heterocycles. The summed E-state index contributed by atoms with van der Waals surface area (Å²) in [5.41, 5.74) is 1.95. The molecule has 2 N–H and O–H groups in total. The van der Waals surface area contributed by atoms with Gasteiger partial charge in [0.05, 0.1) is 13.0 Å². The lowest BCUT2D eigenvalue weighted by Gasteiger charge is -2.09. The summed E-state index contributed by atoms with van der Waals surface area (Å²) in [6, 6.07) is 13.4. The van der Waals surface area contributed by atoms with Gasteiger partial charge >= 0.3 is 0 Å². The highest BCUT2D eigenvalue weighted by Crippen LogP contribution is 2.12. The first-order chi connectivity index (χ1) is 10.6. The number of benzene rings is 2. The van der Waals surface area contributed by atoms with Gasteiger partial charge < -0.3 is 10.6 Å². The van der Waals surface area contributed by atoms with Gasteiger partial charge in [0, 0.05) is 5.69 Å². The standard InChI is InChI=1S/C17H17FN2O2/c1-12-6-2-5-9-15(12)20-17(22)11-19-16(21)10-13-7-3-4-8-14(13)18/h2-9H,10-11H2,1H3,(H,19,21)(H,20,22). The van der Waals surface area contributed by atoms with Gasteiger partial charge in [0.2, 0.25) is 11.8 Å². The van der Waals surface area contributed by atoms with Crippen LogP contribution < -0.4 is 10.6 Å². The fourth-order valence-corrected chi connectivity index (χ4v) is 1.96. The Hall–Kier alpha value is -2.69. The van der Waals surface area contributed by atoms with E-state index >= 15 is 0 Å². The third kappa shape index (κ3) is 4.41. The molecule has 0 radical (unpaired) electrons. The number of para-hydroxylation sites is 1. The number of carbonyl (C=O) groups excluding carboxylic acids is 2. The average Bonchev–Trinajstić information content (AvgIpc) is 2.50. The summed E-state index contributed by atoms with van der Waals surface area (Å²) >= 11 is 0. The molecular formula is C17H17FN2O2. The summed E-state index contributed by atoms with van der Waals surface area (Å²) in [4.78, 5) is 23.5. The zero-order valence-electron chi connectivity index (χ0n) is 12.2. The minimum absolute atomic E-state index is 0.0929. The van der Waals surface area contributed by atoms with Crippen molar-refractivity contribution in [1.82, 2.24) is 5.32 Å². The SMILES string of the molecule is Cc1ccccc1NC(=O)CNC(=O)Cc1ccccc1F. The fourth-order valence-electron chi connectivity index (χ4n) is 1.96. The summed E-state index contributed by atoms with van der Waals surface area (Å²) in [7, 11) is 0. The molecule has 22 heavy (non-hydrogen) atoms. The molecule has 0 spiro atoms. The second-order valence-electron chi connectivity index (χ2n) is 4.91. The highest BCUT2D eigenvalue weighted by Gasteiger charge is 2.10. The van der Waals surface area contributed by atoms with Gasteiger partial charge in [-0.1, -0.05) is 36.4 Å². The van der Waals surface area contributed by atoms with Gasteiger partial charge in [0.15, 0.2) is 0 Å². The number of aryl methyl sites for hydroxylation is 1. The number of carbonyl (C=O) groups is 2. The van der Waals surface area contributed by atoms with Crippen LogP contribution in [0.5, 0.6) is 0 Å². The summed E-state index contributed by atoms with van der Waals surface area (Å²) in [5.74, 6) is -1.15. The summed E-state index contributed by atoms with van der Waals surface area (Å²) in [5, 5.41) is 5.19. The molecule has 2 rings (SSSR count). The molecule has 5 heteroatoms. The Morgan fingerprint density at radius 1 is 1.00 bits per heavy atom. The molecule has 0 aliphatic heterocycles. The van der Waals surface area contributed by atoms with Gasteiger partial charge in [0.25, 0.3) is 0 Å². The van der Waals surface area contributed by atoms with Crippen LogP contribution in [-0.4, -0.2) is 18.4 Å². The van der Waals surface area contributed by atoms with E-state index < -0.39 is 11.7 Å². The van der Waals surface area contributed by atoms with Crippen molar-refractivity contribution in [2.45, 2.75) is 13.3 Å². The average molecular weight is 300 g/mol. The predicted molar refractivity (Wildman–Crippen MR) is 82.9 cm³/mol. The molecule has 2 amide bonds. The zero-order chi connectivity index (χ0) is 15.9. The van der Waals surface area contributed by atoms with Gasteiger partial charge in [-0.05, 0) is 30.2 Å². The van der Waals surface area contributed by atoms with E-state index in [4.69, 9.17) is 0 Å². The minimum Gasteiger partial charge on any atom is -0.347 e. The van der Waals surface area contributed by atoms with Crippen LogP contribution in [0.1, 0.15) is 11.1 Å². The number of hydrogen-bond acceptors (Lipinski definition) is 2. The smallest absolute Gasteiger partial charge is 0.243 e. The van der Waals surface area contributed by atoms with Gasteiger partial charge in [-0.2, -0.15) is 0 Å². The molecule has 0 fully saturated rings. The number of halogens is 1. The van der Waals surface area contributed by atoms with Crippen LogP contribution in [0, 0.1) is 12.7 Å². The van der Waals surface area contributed by atoms with Crippen molar-refractivity contribution in [3.8, 4) is 0 Å². The number of amides is 2. The Labute approximate surface area is 128 Å². The number of anilines is 1. The molecule has 0 saturated carbocycles. The lowest BCUT2D eigenvalue weighted by atomic mass is 10.1. The highest BCUT2D eigenvalue weighted by molar-refractivity contribution is 5.95. The summed E-state index contributed by atoms with van der Waals surface area (Å²) < 4.78 is 13.4. The normalized spacial score (nSPS) is 10.1. The van der Waals surface area contributed by atoms with Crippen molar-refractivity contribution in [2.75, 3.05) is 11.9 Å². The molecule has 0 bridgehead atoms. The molecule has 0 heterocycles. The molecule has 114 valence electrons. The van der Waals surface area contributed by atoms with E-state index in [0.29, 0.717) is 11.3 Å². The van der Waals surface area contributed by atoms with E-state index in [0.717, 1.165) is 5.56 Å². The molecule has 0 atom stereocenters. The first-order valence-electron chi connectivity index (χ1n) is 6.92. The molecule has 2 aromatic rings. The molecule has 0 aliphatic rings. The lowest BCUT2D eigenvalue weighted by Crippen LogP contribution is -2.34. The summed E-state index contributed by atoms with van der Waals surface area (Å²) in [6.07, 6.45) is -0.0929. The van der Waals surface area contributed by atoms with Gasteiger partial charge in [0.1, 0.15) is 5.82 Å². The van der Waals surface area contributed by atoms with E-state index in [1.807, 2.05) is 25.1 Å². The Morgan fingerprint density at radius 3 is 2.41 bits per heavy atom. The monoisotopic (exact) mass is 300 g/mol. The van der Waals surface area contributed by atoms with E-state index in [1.54, 1.807) is 24.3 Å². The number of rotatable bonds is 5. The van der Waals surface area contributed by atoms with Crippen molar-refractivity contribution in [3.63, 3.8) is 0 Å². The lowest BCUT2D eigenvalue weighted by molar-refractivity contribution is -0.123. The second-order valence-corrected chi connectivity index (χ2v) is 4.91. The molecule has 2 aromatic carbocycles. The van der Waals surface area contributed by atoms with Crippen LogP contribution in [0.3, 0.4) is 0 Å². The van der Waals surface area contributed by atoms with Crippen LogP contribution in [0.2, 0.25) is 0 Å². The third-order valence-corrected chi connectivity index (χ3v) is 3.17. The maximum absolute atomic E-state index is 13.4. The maximum Gasteiger partial charge on any atom is 0.243 e. The van der Waals surface area contributed by atoms with Gasteiger partial charge in [-0.3, -0.25) is 9.59 Å². The van der Waals surface area contributed by atoms with E-state index in [1.165, 1.54) is 6.07 Å². The Balaban J connectivity index is 1.82. The molecule has 4 nitrogen and oxygen atoms in total. The largest absolute Gasteiger partial charge is 0.347 e. The minimum atomic E-state index is -0.429. The Kier molecular flexibility index (Phi) is 5.25. The first-order valence-corrected chi connectivity index (χ1v) is 6.92. The molecule has 0 aliphatic carbocycles. The van der Waals surface area contributed by atoms with Crippen molar-refractivity contribution < 1.29 is 14.0 Å². The second kappa shape index (κ2) is 7.36. The Bertz CT molecular complexity index is 626. The van der Waals surface area contributed by atoms with Crippen LogP contribution in [-0.2, 0) is 16.0 Å². The van der Waals surface area contributed by atoms with Gasteiger partial charge in [-0.15, -0.1) is 0 Å². The van der Waals surface area contributed by atoms with Crippen molar-refractivity contribution in [3.05, 3.63) is 65.5 Å². The predicted octanol–water partition coefficient (Wildman–Crippen LogP) is 2.43. The van der Waals surface area contributed by atoms with E-state index in [2.05, 4.69) is 10.6 Å². The maximum atomic E-state index is 13.4. The summed E-state index contributed by atoms with van der Waals surface area (Å²) in [6.45, 7) is 1.73. The molecule has 0 unspecified atom stereocenters. The van der Waals surface area contributed by atoms with Crippen LogP contribution >= 0.6 is 0 Å². The van der Waals surface area contributed by atoms with Crippen LogP contribution in [0.15, 0.2) is 48.5 Å². The zero-order valence-corrected chi connectivity index (χ0v) is 12.2. The first kappa shape index (κ1) is 15.7. The quantitative estimate of drug-likeness (QED) is 0.891. The van der Waals surface area contributed by atoms with Crippen LogP contribution in [0.25, 0.3) is 0 Å². The van der Waals surface area contributed by atoms with Gasteiger partial charge in [-0.25, -0.2) is 4.39 Å². The van der Waals surface area contributed by atoms with E-state index in [-0.39, 0.29) is 18.9 Å². The topological polar surface area (TPSA) is 58.2 Å². The molecule has 0 aromatic heterocycles. The van der Waals surface area contributed by atoms with Crippen LogP contribution in [0.4, 0.5) is 10.1 Å². The van der Waals surface area contributed by atoms with Crippen molar-refractivity contribution >= 4 is 17.5 Å². The molecular weight excluding hydrogens is 283 g/mol. The van der Waals surface area contributed by atoms with Crippen molar-refractivity contribution in [2.24, 2.45) is 0 Å². The Morgan fingerprint density at radius 2 is 1.68 bits per heavy atom. The number of nitrogens with one attached hydrogen (secondary N) is 2. The number of hydrogen-bond donors (Lipinski definition) is 2.